The molecule has 1 aromatic carbocycles. The lowest BCUT2D eigenvalue weighted by Gasteiger charge is -2.24. The van der Waals surface area contributed by atoms with Gasteiger partial charge in [0.1, 0.15) is 12.3 Å². The first-order chi connectivity index (χ1) is 11.5. The van der Waals surface area contributed by atoms with Crippen molar-refractivity contribution in [1.82, 2.24) is 9.55 Å². The Morgan fingerprint density at radius 3 is 2.62 bits per heavy atom. The summed E-state index contributed by atoms with van der Waals surface area (Å²) in [4.78, 5) is 28.4. The SMILES string of the molecule is COc1ccc2nc(C(=O)C3CCC(O)CC3)n(CC(=O)O)c2c1. The van der Waals surface area contributed by atoms with Gasteiger partial charge in [0.2, 0.25) is 5.78 Å². The summed E-state index contributed by atoms with van der Waals surface area (Å²) in [5.41, 5.74) is 1.13. The average Bonchev–Trinajstić information content (AvgIpc) is 2.92. The predicted octanol–water partition coefficient (Wildman–Crippen LogP) is 1.86. The maximum absolute atomic E-state index is 12.8. The van der Waals surface area contributed by atoms with E-state index >= 15 is 0 Å². The fraction of sp³-hybridized carbons (Fsp3) is 0.471. The van der Waals surface area contributed by atoms with E-state index in [9.17, 15) is 19.8 Å². The Kier molecular flexibility index (Phi) is 4.53. The Balaban J connectivity index is 2.02. The number of fused-ring (bicyclic) bond motifs is 1. The van der Waals surface area contributed by atoms with E-state index < -0.39 is 5.97 Å². The van der Waals surface area contributed by atoms with Crippen LogP contribution in [0.15, 0.2) is 18.2 Å². The number of ether oxygens (including phenoxy) is 1. The molecule has 1 saturated carbocycles. The van der Waals surface area contributed by atoms with E-state index in [2.05, 4.69) is 4.98 Å². The van der Waals surface area contributed by atoms with E-state index in [4.69, 9.17) is 4.74 Å². The van der Waals surface area contributed by atoms with Crippen molar-refractivity contribution in [3.05, 3.63) is 24.0 Å². The number of carboxylic acids is 1. The molecule has 0 spiro atoms. The molecule has 1 fully saturated rings. The van der Waals surface area contributed by atoms with Crippen molar-refractivity contribution in [2.75, 3.05) is 7.11 Å². The number of hydrogen-bond acceptors (Lipinski definition) is 5. The van der Waals surface area contributed by atoms with Crippen LogP contribution in [-0.4, -0.2) is 44.7 Å². The summed E-state index contributed by atoms with van der Waals surface area (Å²) < 4.78 is 6.62. The van der Waals surface area contributed by atoms with Gasteiger partial charge in [0.05, 0.1) is 24.2 Å². The first-order valence-corrected chi connectivity index (χ1v) is 7.98. The van der Waals surface area contributed by atoms with Crippen LogP contribution in [0, 0.1) is 5.92 Å². The lowest BCUT2D eigenvalue weighted by atomic mass is 9.84. The minimum atomic E-state index is -1.04. The number of ketones is 1. The Morgan fingerprint density at radius 2 is 2.00 bits per heavy atom. The minimum absolute atomic E-state index is 0.154. The first-order valence-electron chi connectivity index (χ1n) is 7.98. The van der Waals surface area contributed by atoms with E-state index in [1.54, 1.807) is 18.2 Å². The van der Waals surface area contributed by atoms with Crippen molar-refractivity contribution in [3.63, 3.8) is 0 Å². The Morgan fingerprint density at radius 1 is 1.29 bits per heavy atom. The zero-order valence-corrected chi connectivity index (χ0v) is 13.4. The third-order valence-corrected chi connectivity index (χ3v) is 4.54. The predicted molar refractivity (Wildman–Crippen MR) is 86.2 cm³/mol. The van der Waals surface area contributed by atoms with Crippen molar-refractivity contribution in [2.24, 2.45) is 5.92 Å². The number of rotatable bonds is 5. The summed E-state index contributed by atoms with van der Waals surface area (Å²) in [6.45, 7) is -0.333. The van der Waals surface area contributed by atoms with Crippen LogP contribution in [0.3, 0.4) is 0 Å². The maximum Gasteiger partial charge on any atom is 0.323 e. The molecule has 7 nitrogen and oxygen atoms in total. The molecule has 0 aliphatic heterocycles. The van der Waals surface area contributed by atoms with E-state index in [1.165, 1.54) is 11.7 Å². The zero-order valence-electron chi connectivity index (χ0n) is 13.4. The van der Waals surface area contributed by atoms with Crippen LogP contribution in [-0.2, 0) is 11.3 Å². The molecule has 128 valence electrons. The van der Waals surface area contributed by atoms with Gasteiger partial charge in [0.25, 0.3) is 0 Å². The number of aliphatic hydroxyl groups is 1. The molecule has 0 amide bonds. The van der Waals surface area contributed by atoms with Gasteiger partial charge in [0, 0.05) is 12.0 Å². The van der Waals surface area contributed by atoms with Gasteiger partial charge in [-0.3, -0.25) is 9.59 Å². The molecule has 1 heterocycles. The number of imidazole rings is 1. The highest BCUT2D eigenvalue weighted by molar-refractivity contribution is 5.98. The molecule has 2 N–H and O–H groups in total. The number of methoxy groups -OCH3 is 1. The summed E-state index contributed by atoms with van der Waals surface area (Å²) in [6.07, 6.45) is 2.02. The van der Waals surface area contributed by atoms with Crippen molar-refractivity contribution in [3.8, 4) is 5.75 Å². The van der Waals surface area contributed by atoms with Crippen LogP contribution >= 0.6 is 0 Å². The number of carboxylic acid groups (broad SMARTS) is 1. The van der Waals surface area contributed by atoms with E-state index in [0.717, 1.165) is 0 Å². The van der Waals surface area contributed by atoms with Gasteiger partial charge in [-0.2, -0.15) is 0 Å². The van der Waals surface area contributed by atoms with Gasteiger partial charge in [-0.05, 0) is 37.8 Å². The number of carbonyl (C=O) groups is 2. The molecular formula is C17H20N2O5. The van der Waals surface area contributed by atoms with Crippen molar-refractivity contribution in [1.29, 1.82) is 0 Å². The highest BCUT2D eigenvalue weighted by atomic mass is 16.5. The number of aliphatic hydroxyl groups excluding tert-OH is 1. The monoisotopic (exact) mass is 332 g/mol. The topological polar surface area (TPSA) is 102 Å². The second-order valence-electron chi connectivity index (χ2n) is 6.14. The van der Waals surface area contributed by atoms with Gasteiger partial charge < -0.3 is 19.5 Å². The number of nitrogens with zero attached hydrogens (tertiary/aromatic N) is 2. The number of carbonyl (C=O) groups excluding carboxylic acids is 1. The zero-order chi connectivity index (χ0) is 17.3. The standard InChI is InChI=1S/C17H20N2O5/c1-24-12-6-7-13-14(8-12)19(9-15(21)22)17(18-13)16(23)10-2-4-11(20)5-3-10/h6-8,10-11,20H,2-5,9H2,1H3,(H,21,22). The second-order valence-corrected chi connectivity index (χ2v) is 6.14. The molecule has 0 radical (unpaired) electrons. The summed E-state index contributed by atoms with van der Waals surface area (Å²) in [5.74, 6) is -0.668. The lowest BCUT2D eigenvalue weighted by Crippen LogP contribution is -2.27. The van der Waals surface area contributed by atoms with Crippen molar-refractivity contribution < 1.29 is 24.5 Å². The number of hydrogen-bond donors (Lipinski definition) is 2. The molecule has 0 bridgehead atoms. The molecule has 3 rings (SSSR count). The molecule has 0 saturated heterocycles. The van der Waals surface area contributed by atoms with Crippen LogP contribution in [0.2, 0.25) is 0 Å². The first kappa shape index (κ1) is 16.4. The lowest BCUT2D eigenvalue weighted by molar-refractivity contribution is -0.137. The highest BCUT2D eigenvalue weighted by Crippen LogP contribution is 2.29. The van der Waals surface area contributed by atoms with Gasteiger partial charge in [-0.15, -0.1) is 0 Å². The summed E-state index contributed by atoms with van der Waals surface area (Å²) in [7, 11) is 1.53. The third kappa shape index (κ3) is 3.12. The minimum Gasteiger partial charge on any atom is -0.497 e. The van der Waals surface area contributed by atoms with E-state index in [1.807, 2.05) is 0 Å². The largest absolute Gasteiger partial charge is 0.497 e. The number of aliphatic carboxylic acids is 1. The quantitative estimate of drug-likeness (QED) is 0.811. The summed E-state index contributed by atoms with van der Waals surface area (Å²) in [6, 6.07) is 5.13. The molecule has 0 unspecified atom stereocenters. The third-order valence-electron chi connectivity index (χ3n) is 4.54. The van der Waals surface area contributed by atoms with E-state index in [-0.39, 0.29) is 30.2 Å². The van der Waals surface area contributed by atoms with Gasteiger partial charge in [0.15, 0.2) is 5.82 Å². The molecule has 24 heavy (non-hydrogen) atoms. The fourth-order valence-corrected chi connectivity index (χ4v) is 3.23. The fourth-order valence-electron chi connectivity index (χ4n) is 3.23. The van der Waals surface area contributed by atoms with Gasteiger partial charge >= 0.3 is 5.97 Å². The molecule has 1 aliphatic rings. The number of Topliss-reactive ketones (excluding diaryl/α,β-unsaturated/α-hetero) is 1. The molecule has 7 heteroatoms. The Labute approximate surface area is 138 Å². The molecule has 0 atom stereocenters. The number of benzene rings is 1. The van der Waals surface area contributed by atoms with Crippen LogP contribution in [0.25, 0.3) is 11.0 Å². The van der Waals surface area contributed by atoms with Crippen molar-refractivity contribution >= 4 is 22.8 Å². The Hall–Kier alpha value is -2.41. The van der Waals surface area contributed by atoms with Crippen LogP contribution in [0.4, 0.5) is 0 Å². The highest BCUT2D eigenvalue weighted by Gasteiger charge is 2.30. The molecular weight excluding hydrogens is 312 g/mol. The van der Waals surface area contributed by atoms with Crippen molar-refractivity contribution in [2.45, 2.75) is 38.3 Å². The molecule has 2 aromatic rings. The molecule has 1 aliphatic carbocycles. The average molecular weight is 332 g/mol. The van der Waals surface area contributed by atoms with Crippen LogP contribution in [0.5, 0.6) is 5.75 Å². The Bertz CT molecular complexity index is 775. The van der Waals surface area contributed by atoms with Crippen LogP contribution < -0.4 is 4.74 Å². The van der Waals surface area contributed by atoms with E-state index in [0.29, 0.717) is 42.5 Å². The maximum atomic E-state index is 12.8. The van der Waals surface area contributed by atoms with Gasteiger partial charge in [-0.1, -0.05) is 0 Å². The normalized spacial score (nSPS) is 20.9. The number of aromatic nitrogens is 2. The smallest absolute Gasteiger partial charge is 0.323 e. The summed E-state index contributed by atoms with van der Waals surface area (Å²) in [5, 5.41) is 18.8. The van der Waals surface area contributed by atoms with Crippen LogP contribution in [0.1, 0.15) is 36.3 Å². The van der Waals surface area contributed by atoms with Gasteiger partial charge in [-0.25, -0.2) is 4.98 Å². The molecule has 1 aromatic heterocycles. The second kappa shape index (κ2) is 6.60. The summed E-state index contributed by atoms with van der Waals surface area (Å²) >= 11 is 0.